The van der Waals surface area contributed by atoms with Gasteiger partial charge in [-0.05, 0) is 5.92 Å². The van der Waals surface area contributed by atoms with Crippen LogP contribution < -0.4 is 5.32 Å². The Morgan fingerprint density at radius 3 is 2.77 bits per heavy atom. The molecule has 13 heavy (non-hydrogen) atoms. The van der Waals surface area contributed by atoms with Gasteiger partial charge in [0.15, 0.2) is 0 Å². The van der Waals surface area contributed by atoms with Gasteiger partial charge in [-0.15, -0.1) is 0 Å². The molecule has 74 valence electrons. The molecular formula is C8H14N2O3. The molecule has 0 saturated carbocycles. The molecule has 1 rings (SSSR count). The highest BCUT2D eigenvalue weighted by Crippen LogP contribution is 2.04. The maximum absolute atomic E-state index is 11.1. The number of nitrogens with one attached hydrogen (secondary N) is 1. The van der Waals surface area contributed by atoms with E-state index in [1.807, 2.05) is 6.92 Å². The lowest BCUT2D eigenvalue weighted by atomic mass is 10.2. The predicted octanol–water partition coefficient (Wildman–Crippen LogP) is -0.179. The van der Waals surface area contributed by atoms with Gasteiger partial charge in [-0.25, -0.2) is 4.79 Å². The lowest BCUT2D eigenvalue weighted by Crippen LogP contribution is -2.35. The Morgan fingerprint density at radius 1 is 1.62 bits per heavy atom. The van der Waals surface area contributed by atoms with Gasteiger partial charge in [-0.2, -0.15) is 0 Å². The summed E-state index contributed by atoms with van der Waals surface area (Å²) < 4.78 is 4.91. The molecule has 5 nitrogen and oxygen atoms in total. The van der Waals surface area contributed by atoms with Crippen LogP contribution in [0.15, 0.2) is 0 Å². The first-order valence-corrected chi connectivity index (χ1v) is 4.22. The molecule has 1 aliphatic rings. The predicted molar refractivity (Wildman–Crippen MR) is 46.2 cm³/mol. The normalized spacial score (nSPS) is 19.1. The number of carbonyl (C=O) groups excluding carboxylic acids is 2. The van der Waals surface area contributed by atoms with Crippen LogP contribution in [0.5, 0.6) is 0 Å². The second-order valence-electron chi connectivity index (χ2n) is 3.22. The van der Waals surface area contributed by atoms with E-state index in [1.54, 1.807) is 7.11 Å². The number of urea groups is 1. The van der Waals surface area contributed by atoms with Crippen LogP contribution in [-0.2, 0) is 9.53 Å². The second kappa shape index (κ2) is 4.23. The van der Waals surface area contributed by atoms with E-state index in [4.69, 9.17) is 4.74 Å². The largest absolute Gasteiger partial charge is 0.384 e. The molecule has 0 aromatic heterocycles. The fourth-order valence-electron chi connectivity index (χ4n) is 1.29. The van der Waals surface area contributed by atoms with Gasteiger partial charge in [0.2, 0.25) is 5.91 Å². The number of carbonyl (C=O) groups is 2. The van der Waals surface area contributed by atoms with Gasteiger partial charge in [-0.1, -0.05) is 6.92 Å². The molecule has 1 heterocycles. The van der Waals surface area contributed by atoms with Crippen LogP contribution in [0.25, 0.3) is 0 Å². The summed E-state index contributed by atoms with van der Waals surface area (Å²) in [6.07, 6.45) is 0. The van der Waals surface area contributed by atoms with Gasteiger partial charge >= 0.3 is 6.03 Å². The van der Waals surface area contributed by atoms with E-state index in [1.165, 1.54) is 4.90 Å². The molecule has 0 spiro atoms. The van der Waals surface area contributed by atoms with Crippen molar-refractivity contribution in [2.75, 3.05) is 26.8 Å². The first kappa shape index (κ1) is 9.98. The lowest BCUT2D eigenvalue weighted by Gasteiger charge is -2.17. The van der Waals surface area contributed by atoms with Crippen molar-refractivity contribution < 1.29 is 14.3 Å². The summed E-state index contributed by atoms with van der Waals surface area (Å²) in [6, 6.07) is -0.298. The maximum Gasteiger partial charge on any atom is 0.324 e. The summed E-state index contributed by atoms with van der Waals surface area (Å²) in [5.74, 6) is 0.0192. The van der Waals surface area contributed by atoms with Crippen LogP contribution in [0.2, 0.25) is 0 Å². The Bertz CT molecular complexity index is 201. The monoisotopic (exact) mass is 186 g/mol. The zero-order valence-corrected chi connectivity index (χ0v) is 7.87. The minimum Gasteiger partial charge on any atom is -0.384 e. The average molecular weight is 186 g/mol. The van der Waals surface area contributed by atoms with Crippen molar-refractivity contribution in [1.82, 2.24) is 10.2 Å². The van der Waals surface area contributed by atoms with Crippen molar-refractivity contribution in [3.63, 3.8) is 0 Å². The van der Waals surface area contributed by atoms with E-state index in [-0.39, 0.29) is 24.4 Å². The number of hydrogen-bond acceptors (Lipinski definition) is 3. The highest BCUT2D eigenvalue weighted by molar-refractivity contribution is 6.01. The van der Waals surface area contributed by atoms with Crippen LogP contribution in [0.3, 0.4) is 0 Å². The van der Waals surface area contributed by atoms with Crippen molar-refractivity contribution in [1.29, 1.82) is 0 Å². The summed E-state index contributed by atoms with van der Waals surface area (Å²) in [5.41, 5.74) is 0. The van der Waals surface area contributed by atoms with Gasteiger partial charge in [0.05, 0.1) is 13.2 Å². The minimum absolute atomic E-state index is 0.124. The zero-order valence-electron chi connectivity index (χ0n) is 7.87. The van der Waals surface area contributed by atoms with Crippen molar-refractivity contribution >= 4 is 11.9 Å². The molecule has 0 aromatic carbocycles. The number of nitrogens with zero attached hydrogens (tertiary/aromatic N) is 1. The van der Waals surface area contributed by atoms with Gasteiger partial charge < -0.3 is 10.1 Å². The number of amides is 3. The van der Waals surface area contributed by atoms with E-state index < -0.39 is 0 Å². The Hall–Kier alpha value is -1.10. The van der Waals surface area contributed by atoms with Crippen molar-refractivity contribution in [2.24, 2.45) is 5.92 Å². The summed E-state index contributed by atoms with van der Waals surface area (Å²) in [7, 11) is 1.60. The Morgan fingerprint density at radius 2 is 2.31 bits per heavy atom. The molecule has 0 radical (unpaired) electrons. The number of rotatable bonds is 4. The van der Waals surface area contributed by atoms with Gasteiger partial charge in [0.25, 0.3) is 0 Å². The lowest BCUT2D eigenvalue weighted by molar-refractivity contribution is -0.125. The van der Waals surface area contributed by atoms with E-state index >= 15 is 0 Å². The van der Waals surface area contributed by atoms with Gasteiger partial charge in [0, 0.05) is 13.7 Å². The molecule has 5 heteroatoms. The Labute approximate surface area is 77.0 Å². The Balaban J connectivity index is 2.43. The molecule has 1 fully saturated rings. The Kier molecular flexibility index (Phi) is 3.25. The molecular weight excluding hydrogens is 172 g/mol. The minimum atomic E-state index is -0.298. The second-order valence-corrected chi connectivity index (χ2v) is 3.22. The van der Waals surface area contributed by atoms with Gasteiger partial charge in [-0.3, -0.25) is 9.69 Å². The first-order valence-electron chi connectivity index (χ1n) is 4.22. The molecule has 0 aliphatic carbocycles. The molecule has 0 bridgehead atoms. The van der Waals surface area contributed by atoms with E-state index in [0.717, 1.165) is 0 Å². The summed E-state index contributed by atoms with van der Waals surface area (Å²) in [6.45, 7) is 3.04. The zero-order chi connectivity index (χ0) is 9.84. The van der Waals surface area contributed by atoms with Crippen molar-refractivity contribution in [3.8, 4) is 0 Å². The first-order chi connectivity index (χ1) is 6.15. The van der Waals surface area contributed by atoms with Crippen LogP contribution in [0.4, 0.5) is 4.79 Å². The van der Waals surface area contributed by atoms with Crippen LogP contribution >= 0.6 is 0 Å². The topological polar surface area (TPSA) is 58.6 Å². The smallest absolute Gasteiger partial charge is 0.324 e. The summed E-state index contributed by atoms with van der Waals surface area (Å²) >= 11 is 0. The third-order valence-corrected chi connectivity index (χ3v) is 1.88. The summed E-state index contributed by atoms with van der Waals surface area (Å²) in [5, 5.41) is 2.46. The molecule has 0 aromatic rings. The molecule has 3 amide bonds. The summed E-state index contributed by atoms with van der Waals surface area (Å²) in [4.78, 5) is 23.4. The fraction of sp³-hybridized carbons (Fsp3) is 0.750. The fourth-order valence-corrected chi connectivity index (χ4v) is 1.29. The molecule has 1 aliphatic heterocycles. The quantitative estimate of drug-likeness (QED) is 0.620. The van der Waals surface area contributed by atoms with Crippen LogP contribution in [0.1, 0.15) is 6.92 Å². The standard InChI is InChI=1S/C8H14N2O3/c1-6(5-13-2)4-10-7(11)3-9-8(10)12/h6H,3-5H2,1-2H3,(H,9,12). The van der Waals surface area contributed by atoms with Crippen molar-refractivity contribution in [3.05, 3.63) is 0 Å². The molecule has 1 N–H and O–H groups in total. The maximum atomic E-state index is 11.1. The van der Waals surface area contributed by atoms with E-state index in [2.05, 4.69) is 5.32 Å². The molecule has 1 saturated heterocycles. The number of imide groups is 1. The van der Waals surface area contributed by atoms with Crippen molar-refractivity contribution in [2.45, 2.75) is 6.92 Å². The molecule has 1 unspecified atom stereocenters. The number of methoxy groups -OCH3 is 1. The third kappa shape index (κ3) is 2.42. The number of hydrogen-bond donors (Lipinski definition) is 1. The highest BCUT2D eigenvalue weighted by Gasteiger charge is 2.29. The SMILES string of the molecule is COCC(C)CN1C(=O)CNC1=O. The molecule has 1 atom stereocenters. The van der Waals surface area contributed by atoms with Crippen LogP contribution in [0, 0.1) is 5.92 Å². The average Bonchev–Trinajstić information content (AvgIpc) is 2.36. The third-order valence-electron chi connectivity index (χ3n) is 1.88. The van der Waals surface area contributed by atoms with Gasteiger partial charge in [0.1, 0.15) is 0 Å². The van der Waals surface area contributed by atoms with E-state index in [0.29, 0.717) is 13.2 Å². The highest BCUT2D eigenvalue weighted by atomic mass is 16.5. The van der Waals surface area contributed by atoms with E-state index in [9.17, 15) is 9.59 Å². The van der Waals surface area contributed by atoms with Crippen LogP contribution in [-0.4, -0.2) is 43.6 Å². The number of ether oxygens (including phenoxy) is 1.